The van der Waals surface area contributed by atoms with Crippen LogP contribution < -0.4 is 5.32 Å². The van der Waals surface area contributed by atoms with Gasteiger partial charge in [0.15, 0.2) is 0 Å². The quantitative estimate of drug-likeness (QED) is 0.793. The largest absolute Gasteiger partial charge is 0.396 e. The Balaban J connectivity index is 2.42. The van der Waals surface area contributed by atoms with Crippen molar-refractivity contribution in [1.29, 1.82) is 0 Å². The Bertz CT molecular complexity index is 172. The van der Waals surface area contributed by atoms with Gasteiger partial charge in [-0.2, -0.15) is 0 Å². The molecule has 1 saturated carbocycles. The van der Waals surface area contributed by atoms with Gasteiger partial charge < -0.3 is 10.4 Å². The molecule has 1 aliphatic rings. The lowest BCUT2D eigenvalue weighted by Crippen LogP contribution is -2.38. The van der Waals surface area contributed by atoms with E-state index in [2.05, 4.69) is 12.2 Å². The summed E-state index contributed by atoms with van der Waals surface area (Å²) in [6, 6.07) is 0.546. The molecule has 0 amide bonds. The first-order valence-corrected chi connectivity index (χ1v) is 7.72. The van der Waals surface area contributed by atoms with E-state index < -0.39 is 0 Å². The zero-order valence-electron chi connectivity index (χ0n) is 11.6. The van der Waals surface area contributed by atoms with Gasteiger partial charge in [0.2, 0.25) is 0 Å². The Morgan fingerprint density at radius 3 is 1.94 bits per heavy atom. The van der Waals surface area contributed by atoms with Crippen molar-refractivity contribution in [3.05, 3.63) is 0 Å². The number of nitrogens with one attached hydrogen (secondary N) is 1. The highest BCUT2D eigenvalue weighted by molar-refractivity contribution is 4.76. The summed E-state index contributed by atoms with van der Waals surface area (Å²) in [6.45, 7) is 3.56. The fourth-order valence-electron chi connectivity index (χ4n) is 3.02. The van der Waals surface area contributed by atoms with Crippen molar-refractivity contribution in [3.63, 3.8) is 0 Å². The van der Waals surface area contributed by atoms with Crippen LogP contribution in [-0.4, -0.2) is 24.3 Å². The van der Waals surface area contributed by atoms with Gasteiger partial charge >= 0.3 is 0 Å². The van der Waals surface area contributed by atoms with E-state index in [1.807, 2.05) is 0 Å². The van der Waals surface area contributed by atoms with Crippen molar-refractivity contribution in [2.75, 3.05) is 13.2 Å². The predicted octanol–water partition coefficient (Wildman–Crippen LogP) is 3.49. The molecule has 2 N–H and O–H groups in total. The molecular formula is C15H31NO. The molecule has 0 spiro atoms. The molecule has 2 unspecified atom stereocenters. The molecule has 102 valence electrons. The third-order valence-corrected chi connectivity index (χ3v) is 4.11. The van der Waals surface area contributed by atoms with Gasteiger partial charge in [-0.15, -0.1) is 0 Å². The van der Waals surface area contributed by atoms with Crippen LogP contribution in [0, 0.1) is 5.92 Å². The molecule has 0 bridgehead atoms. The standard InChI is InChI=1S/C15H31NO/c1-2-16-15-12-10-8-6-4-3-5-7-9-11-14(15)13-17/h14-17H,2-13H2,1H3. The molecule has 0 aromatic carbocycles. The van der Waals surface area contributed by atoms with Gasteiger partial charge in [0.25, 0.3) is 0 Å². The second-order valence-electron chi connectivity index (χ2n) is 5.51. The monoisotopic (exact) mass is 241 g/mol. The summed E-state index contributed by atoms with van der Waals surface area (Å²) in [5.41, 5.74) is 0. The molecule has 2 heteroatoms. The second kappa shape index (κ2) is 9.90. The zero-order chi connectivity index (χ0) is 12.3. The van der Waals surface area contributed by atoms with Crippen LogP contribution in [0.15, 0.2) is 0 Å². The highest BCUT2D eigenvalue weighted by Gasteiger charge is 2.19. The van der Waals surface area contributed by atoms with E-state index in [0.29, 0.717) is 18.6 Å². The molecular weight excluding hydrogens is 210 g/mol. The Hall–Kier alpha value is -0.0800. The maximum atomic E-state index is 9.55. The molecule has 1 rings (SSSR count). The fourth-order valence-corrected chi connectivity index (χ4v) is 3.02. The maximum Gasteiger partial charge on any atom is 0.0474 e. The molecule has 0 aliphatic heterocycles. The van der Waals surface area contributed by atoms with E-state index >= 15 is 0 Å². The van der Waals surface area contributed by atoms with Crippen LogP contribution in [0.1, 0.15) is 71.1 Å². The molecule has 0 heterocycles. The number of rotatable bonds is 3. The maximum absolute atomic E-state index is 9.55. The summed E-state index contributed by atoms with van der Waals surface area (Å²) in [7, 11) is 0. The van der Waals surface area contributed by atoms with Gasteiger partial charge in [0.1, 0.15) is 0 Å². The minimum absolute atomic E-state index is 0.359. The van der Waals surface area contributed by atoms with Crippen molar-refractivity contribution < 1.29 is 5.11 Å². The summed E-state index contributed by atoms with van der Waals surface area (Å²) in [5.74, 6) is 0.481. The van der Waals surface area contributed by atoms with Gasteiger partial charge in [-0.1, -0.05) is 58.3 Å². The minimum Gasteiger partial charge on any atom is -0.396 e. The Labute approximate surface area is 107 Å². The summed E-state index contributed by atoms with van der Waals surface area (Å²) in [4.78, 5) is 0. The van der Waals surface area contributed by atoms with Crippen molar-refractivity contribution in [2.24, 2.45) is 5.92 Å². The molecule has 2 nitrogen and oxygen atoms in total. The van der Waals surface area contributed by atoms with E-state index in [0.717, 1.165) is 6.54 Å². The lowest BCUT2D eigenvalue weighted by molar-refractivity contribution is 0.171. The Morgan fingerprint density at radius 2 is 1.41 bits per heavy atom. The van der Waals surface area contributed by atoms with Crippen LogP contribution >= 0.6 is 0 Å². The Morgan fingerprint density at radius 1 is 0.882 bits per heavy atom. The smallest absolute Gasteiger partial charge is 0.0474 e. The van der Waals surface area contributed by atoms with E-state index in [9.17, 15) is 5.11 Å². The van der Waals surface area contributed by atoms with Crippen molar-refractivity contribution in [1.82, 2.24) is 5.32 Å². The molecule has 0 radical (unpaired) electrons. The molecule has 1 aliphatic carbocycles. The van der Waals surface area contributed by atoms with E-state index in [1.165, 1.54) is 64.2 Å². The SMILES string of the molecule is CCNC1CCCCCCCCCCC1CO. The van der Waals surface area contributed by atoms with Crippen LogP contribution in [0.3, 0.4) is 0 Å². The zero-order valence-corrected chi connectivity index (χ0v) is 11.6. The fraction of sp³-hybridized carbons (Fsp3) is 1.00. The first-order valence-electron chi connectivity index (χ1n) is 7.72. The minimum atomic E-state index is 0.359. The van der Waals surface area contributed by atoms with Gasteiger partial charge in [0.05, 0.1) is 0 Å². The number of hydrogen-bond acceptors (Lipinski definition) is 2. The predicted molar refractivity (Wildman–Crippen MR) is 74.2 cm³/mol. The van der Waals surface area contributed by atoms with Gasteiger partial charge in [-0.3, -0.25) is 0 Å². The van der Waals surface area contributed by atoms with Crippen LogP contribution in [0.25, 0.3) is 0 Å². The average Bonchev–Trinajstić information content (AvgIpc) is 2.33. The first-order chi connectivity index (χ1) is 8.38. The molecule has 0 aromatic heterocycles. The molecule has 0 saturated heterocycles. The summed E-state index contributed by atoms with van der Waals surface area (Å²) < 4.78 is 0. The topological polar surface area (TPSA) is 32.3 Å². The van der Waals surface area contributed by atoms with Crippen molar-refractivity contribution >= 4 is 0 Å². The van der Waals surface area contributed by atoms with E-state index in [4.69, 9.17) is 0 Å². The summed E-state index contributed by atoms with van der Waals surface area (Å²) >= 11 is 0. The lowest BCUT2D eigenvalue weighted by Gasteiger charge is -2.27. The third kappa shape index (κ3) is 6.42. The van der Waals surface area contributed by atoms with Crippen LogP contribution in [0.4, 0.5) is 0 Å². The summed E-state index contributed by atoms with van der Waals surface area (Å²) in [6.07, 6.45) is 13.5. The van der Waals surface area contributed by atoms with E-state index in [-0.39, 0.29) is 0 Å². The van der Waals surface area contributed by atoms with Gasteiger partial charge in [-0.05, 0) is 25.3 Å². The van der Waals surface area contributed by atoms with Crippen LogP contribution in [0.5, 0.6) is 0 Å². The third-order valence-electron chi connectivity index (χ3n) is 4.11. The Kier molecular flexibility index (Phi) is 8.72. The van der Waals surface area contributed by atoms with Crippen LogP contribution in [0.2, 0.25) is 0 Å². The average molecular weight is 241 g/mol. The molecule has 1 fully saturated rings. The first kappa shape index (κ1) is 15.0. The highest BCUT2D eigenvalue weighted by atomic mass is 16.3. The normalized spacial score (nSPS) is 29.3. The number of hydrogen-bond donors (Lipinski definition) is 2. The molecule has 2 atom stereocenters. The van der Waals surface area contributed by atoms with Gasteiger partial charge in [0, 0.05) is 12.6 Å². The van der Waals surface area contributed by atoms with Crippen LogP contribution in [-0.2, 0) is 0 Å². The second-order valence-corrected chi connectivity index (χ2v) is 5.51. The van der Waals surface area contributed by atoms with Crippen molar-refractivity contribution in [2.45, 2.75) is 77.2 Å². The lowest BCUT2D eigenvalue weighted by atomic mass is 9.89. The van der Waals surface area contributed by atoms with Crippen molar-refractivity contribution in [3.8, 4) is 0 Å². The molecule has 0 aromatic rings. The van der Waals surface area contributed by atoms with Gasteiger partial charge in [-0.25, -0.2) is 0 Å². The molecule has 17 heavy (non-hydrogen) atoms. The summed E-state index contributed by atoms with van der Waals surface area (Å²) in [5, 5.41) is 13.1. The van der Waals surface area contributed by atoms with E-state index in [1.54, 1.807) is 0 Å². The number of aliphatic hydroxyl groups excluding tert-OH is 1. The number of aliphatic hydroxyl groups is 1. The highest BCUT2D eigenvalue weighted by Crippen LogP contribution is 2.21.